The number of allylic oxidation sites excluding steroid dienone is 6. The van der Waals surface area contributed by atoms with E-state index < -0.39 is 5.97 Å². The largest absolute Gasteiger partial charge is 0.478 e. The molecular weight excluding hydrogens is 412 g/mol. The molecule has 1 aromatic rings. The van der Waals surface area contributed by atoms with E-state index in [1.54, 1.807) is 18.2 Å². The Balaban J connectivity index is 0.000000554. The molecule has 0 aliphatic heterocycles. The average molecular weight is 451 g/mol. The lowest BCUT2D eigenvalue weighted by Crippen LogP contribution is -2.27. The zero-order chi connectivity index (χ0) is 24.1. The van der Waals surface area contributed by atoms with E-state index in [0.29, 0.717) is 12.5 Å². The third-order valence-electron chi connectivity index (χ3n) is 5.66. The second kappa shape index (κ2) is 14.1. The number of hydrazone groups is 1. The van der Waals surface area contributed by atoms with Crippen LogP contribution >= 0.6 is 0 Å². The van der Waals surface area contributed by atoms with Crippen molar-refractivity contribution >= 4 is 17.5 Å². The van der Waals surface area contributed by atoms with Crippen molar-refractivity contribution < 1.29 is 9.90 Å². The maximum Gasteiger partial charge on any atom is 0.339 e. The summed E-state index contributed by atoms with van der Waals surface area (Å²) in [5.41, 5.74) is 3.92. The number of aromatic nitrogens is 1. The lowest BCUT2D eigenvalue weighted by atomic mass is 10.0. The van der Waals surface area contributed by atoms with Crippen LogP contribution in [0, 0.1) is 6.92 Å². The number of nitrogens with zero attached hydrogens (tertiary/aromatic N) is 3. The van der Waals surface area contributed by atoms with Gasteiger partial charge in [-0.3, -0.25) is 0 Å². The van der Waals surface area contributed by atoms with E-state index in [4.69, 9.17) is 0 Å². The summed E-state index contributed by atoms with van der Waals surface area (Å²) in [6, 6.07) is 3.24. The first-order valence-electron chi connectivity index (χ1n) is 11.8. The summed E-state index contributed by atoms with van der Waals surface area (Å²) >= 11 is 0. The van der Waals surface area contributed by atoms with Gasteiger partial charge in [0.15, 0.2) is 0 Å². The first-order valence-corrected chi connectivity index (χ1v) is 11.8. The number of nitrogens with one attached hydrogen (secondary N) is 1. The van der Waals surface area contributed by atoms with E-state index in [1.165, 1.54) is 44.1 Å². The van der Waals surface area contributed by atoms with E-state index in [9.17, 15) is 9.90 Å². The molecule has 3 rings (SSSR count). The predicted molar refractivity (Wildman–Crippen MR) is 137 cm³/mol. The molecule has 6 nitrogen and oxygen atoms in total. The topological polar surface area (TPSA) is 77.8 Å². The molecule has 1 heterocycles. The van der Waals surface area contributed by atoms with E-state index in [-0.39, 0.29) is 5.56 Å². The zero-order valence-corrected chi connectivity index (χ0v) is 20.3. The monoisotopic (exact) mass is 450 g/mol. The van der Waals surface area contributed by atoms with Crippen molar-refractivity contribution in [3.8, 4) is 0 Å². The summed E-state index contributed by atoms with van der Waals surface area (Å²) in [5, 5.41) is 19.0. The van der Waals surface area contributed by atoms with Crippen molar-refractivity contribution in [2.24, 2.45) is 5.10 Å². The summed E-state index contributed by atoms with van der Waals surface area (Å²) < 4.78 is 0. The first kappa shape index (κ1) is 26.1. The van der Waals surface area contributed by atoms with Crippen molar-refractivity contribution in [3.05, 3.63) is 71.6 Å². The van der Waals surface area contributed by atoms with Gasteiger partial charge in [-0.2, -0.15) is 5.10 Å². The molecule has 0 unspecified atom stereocenters. The van der Waals surface area contributed by atoms with Crippen LogP contribution in [-0.2, 0) is 0 Å². The molecule has 0 bridgehead atoms. The fourth-order valence-corrected chi connectivity index (χ4v) is 3.70. The highest BCUT2D eigenvalue weighted by molar-refractivity contribution is 5.93. The summed E-state index contributed by atoms with van der Waals surface area (Å²) in [4.78, 5) is 15.8. The lowest BCUT2D eigenvalue weighted by molar-refractivity contribution is 0.0697. The van der Waals surface area contributed by atoms with Crippen LogP contribution < -0.4 is 5.32 Å². The number of carboxylic acid groups (broad SMARTS) is 1. The molecule has 2 aliphatic carbocycles. The minimum absolute atomic E-state index is 0.135. The number of carboxylic acids is 1. The van der Waals surface area contributed by atoms with Crippen LogP contribution in [0.3, 0.4) is 0 Å². The molecule has 0 atom stereocenters. The van der Waals surface area contributed by atoms with Gasteiger partial charge in [0.25, 0.3) is 0 Å². The van der Waals surface area contributed by atoms with Gasteiger partial charge >= 0.3 is 5.97 Å². The van der Waals surface area contributed by atoms with Crippen molar-refractivity contribution in [2.45, 2.75) is 72.1 Å². The van der Waals surface area contributed by atoms with Crippen molar-refractivity contribution in [1.82, 2.24) is 9.99 Å². The molecule has 1 fully saturated rings. The summed E-state index contributed by atoms with van der Waals surface area (Å²) in [6.07, 6.45) is 20.5. The highest BCUT2D eigenvalue weighted by Crippen LogP contribution is 2.22. The summed E-state index contributed by atoms with van der Waals surface area (Å²) in [7, 11) is 0. The molecule has 0 saturated heterocycles. The molecule has 6 heteroatoms. The van der Waals surface area contributed by atoms with Crippen LogP contribution in [-0.4, -0.2) is 33.4 Å². The van der Waals surface area contributed by atoms with E-state index in [2.05, 4.69) is 41.1 Å². The lowest BCUT2D eigenvalue weighted by Gasteiger charge is -2.26. The fraction of sp³-hybridized carbons (Fsp3) is 0.444. The normalized spacial score (nSPS) is 19.4. The highest BCUT2D eigenvalue weighted by Gasteiger charge is 2.15. The minimum atomic E-state index is -1.02. The Kier molecular flexibility index (Phi) is 11.1. The second-order valence-corrected chi connectivity index (χ2v) is 8.45. The number of carbonyl (C=O) groups is 1. The van der Waals surface area contributed by atoms with E-state index in [0.717, 1.165) is 29.9 Å². The highest BCUT2D eigenvalue weighted by atomic mass is 16.4. The Morgan fingerprint density at radius 2 is 1.73 bits per heavy atom. The molecule has 0 amide bonds. The molecular formula is C27H38N4O2. The Labute approximate surface area is 198 Å². The Hall–Kier alpha value is -3.15. The number of rotatable bonds is 7. The van der Waals surface area contributed by atoms with Gasteiger partial charge in [0, 0.05) is 17.8 Å². The van der Waals surface area contributed by atoms with Gasteiger partial charge in [-0.25, -0.2) is 14.8 Å². The maximum atomic E-state index is 11.5. The van der Waals surface area contributed by atoms with Crippen LogP contribution in [0.25, 0.3) is 0 Å². The molecule has 0 aromatic carbocycles. The number of aromatic carboxylic acids is 1. The van der Waals surface area contributed by atoms with Gasteiger partial charge in [0.05, 0.1) is 5.71 Å². The van der Waals surface area contributed by atoms with Crippen LogP contribution in [0.4, 0.5) is 5.82 Å². The number of pyridine rings is 1. The maximum absolute atomic E-state index is 11.5. The van der Waals surface area contributed by atoms with E-state index in [1.807, 2.05) is 31.0 Å². The number of hydrogen-bond acceptors (Lipinski definition) is 5. The number of aryl methyl sites for hydroxylation is 1. The SMILES string of the molecule is C1CCCCC1.C=C/C(C)=N\N(CNc1nc(C)ccc1C(=O)O)/C1=C(\C)CC=C/C=C\C1. The smallest absolute Gasteiger partial charge is 0.339 e. The molecule has 2 N–H and O–H groups in total. The molecule has 0 spiro atoms. The van der Waals surface area contributed by atoms with Crippen LogP contribution in [0.1, 0.15) is 81.3 Å². The molecule has 1 saturated carbocycles. The van der Waals surface area contributed by atoms with Gasteiger partial charge in [0.1, 0.15) is 18.1 Å². The average Bonchev–Trinajstić information content (AvgIpc) is 2.81. The Bertz CT molecular complexity index is 913. The Morgan fingerprint density at radius 1 is 1.12 bits per heavy atom. The van der Waals surface area contributed by atoms with Crippen LogP contribution in [0.5, 0.6) is 0 Å². The molecule has 178 valence electrons. The van der Waals surface area contributed by atoms with Crippen molar-refractivity contribution in [3.63, 3.8) is 0 Å². The van der Waals surface area contributed by atoms with Gasteiger partial charge in [0.2, 0.25) is 0 Å². The van der Waals surface area contributed by atoms with Gasteiger partial charge in [-0.1, -0.05) is 69.4 Å². The fourth-order valence-electron chi connectivity index (χ4n) is 3.70. The third-order valence-corrected chi connectivity index (χ3v) is 5.66. The van der Waals surface area contributed by atoms with Gasteiger partial charge in [-0.15, -0.1) is 0 Å². The Morgan fingerprint density at radius 3 is 2.30 bits per heavy atom. The molecule has 1 aromatic heterocycles. The minimum Gasteiger partial charge on any atom is -0.478 e. The van der Waals surface area contributed by atoms with Crippen molar-refractivity contribution in [2.75, 3.05) is 12.0 Å². The zero-order valence-electron chi connectivity index (χ0n) is 20.3. The molecule has 2 aliphatic rings. The van der Waals surface area contributed by atoms with Gasteiger partial charge in [-0.05, 0) is 51.0 Å². The number of anilines is 1. The quantitative estimate of drug-likeness (QED) is 0.270. The first-order chi connectivity index (χ1) is 15.9. The van der Waals surface area contributed by atoms with Crippen LogP contribution in [0.2, 0.25) is 0 Å². The summed E-state index contributed by atoms with van der Waals surface area (Å²) in [5.74, 6) is -0.685. The molecule has 33 heavy (non-hydrogen) atoms. The second-order valence-electron chi connectivity index (χ2n) is 8.45. The van der Waals surface area contributed by atoms with E-state index >= 15 is 0 Å². The van der Waals surface area contributed by atoms with Gasteiger partial charge < -0.3 is 10.4 Å². The predicted octanol–water partition coefficient (Wildman–Crippen LogP) is 6.84. The summed E-state index contributed by atoms with van der Waals surface area (Å²) in [6.45, 7) is 9.85. The molecule has 0 radical (unpaired) electrons. The van der Waals surface area contributed by atoms with Crippen molar-refractivity contribution in [1.29, 1.82) is 0 Å². The number of hydrogen-bond donors (Lipinski definition) is 2. The standard InChI is InChI=1S/C21H26N4O2.C6H12/c1-5-16(3)24-25(19-11-9-7-6-8-10-15(19)2)14-22-20-18(21(26)27)13-12-17(4)23-20;1-2-4-6-5-3-1/h5-9,12-13H,1,10-11,14H2,2-4H3,(H,22,23)(H,26,27);1-6H2/b8-6?,9-7-,19-15+,24-16-;. The van der Waals surface area contributed by atoms with Crippen LogP contribution in [0.15, 0.2) is 65.5 Å². The third kappa shape index (κ3) is 9.08.